The quantitative estimate of drug-likeness (QED) is 0.649. The first kappa shape index (κ1) is 7.99. The molecular weight excluding hydrogens is 168 g/mol. The number of carbonyl (C=O) groups excluding carboxylic acids is 1. The van der Waals surface area contributed by atoms with E-state index in [1.807, 2.05) is 0 Å². The molecular formula is C10H12OS. The van der Waals surface area contributed by atoms with E-state index in [2.05, 4.69) is 18.4 Å². The van der Waals surface area contributed by atoms with Crippen LogP contribution >= 0.6 is 11.3 Å². The Morgan fingerprint density at radius 3 is 2.92 bits per heavy atom. The summed E-state index contributed by atoms with van der Waals surface area (Å²) in [5.74, 6) is 0.964. The molecule has 1 saturated carbocycles. The molecule has 1 aliphatic rings. The van der Waals surface area contributed by atoms with Crippen LogP contribution in [0.5, 0.6) is 0 Å². The predicted octanol–water partition coefficient (Wildman–Crippen LogP) is 2.89. The van der Waals surface area contributed by atoms with Crippen molar-refractivity contribution in [2.45, 2.75) is 32.1 Å². The van der Waals surface area contributed by atoms with Crippen LogP contribution in [0.2, 0.25) is 0 Å². The smallest absolute Gasteiger partial charge is 0.133 e. The summed E-state index contributed by atoms with van der Waals surface area (Å²) >= 11 is 1.78. The summed E-state index contributed by atoms with van der Waals surface area (Å²) in [6.07, 6.45) is 2.63. The van der Waals surface area contributed by atoms with Gasteiger partial charge >= 0.3 is 0 Å². The van der Waals surface area contributed by atoms with E-state index < -0.39 is 0 Å². The first-order valence-corrected chi connectivity index (χ1v) is 5.20. The van der Waals surface area contributed by atoms with Crippen LogP contribution in [-0.2, 0) is 4.79 Å². The minimum atomic E-state index is 0.434. The highest BCUT2D eigenvalue weighted by molar-refractivity contribution is 7.10. The van der Waals surface area contributed by atoms with Crippen molar-refractivity contribution in [3.63, 3.8) is 0 Å². The van der Waals surface area contributed by atoms with Gasteiger partial charge in [-0.2, -0.15) is 0 Å². The fourth-order valence-electron chi connectivity index (χ4n) is 1.78. The van der Waals surface area contributed by atoms with Crippen LogP contribution in [0.1, 0.15) is 35.6 Å². The van der Waals surface area contributed by atoms with Crippen molar-refractivity contribution >= 4 is 17.1 Å². The van der Waals surface area contributed by atoms with Crippen molar-refractivity contribution in [2.24, 2.45) is 0 Å². The van der Waals surface area contributed by atoms with Crippen molar-refractivity contribution in [2.75, 3.05) is 0 Å². The summed E-state index contributed by atoms with van der Waals surface area (Å²) in [4.78, 5) is 12.4. The monoisotopic (exact) mass is 180 g/mol. The van der Waals surface area contributed by atoms with Gasteiger partial charge in [-0.05, 0) is 36.3 Å². The van der Waals surface area contributed by atoms with Crippen molar-refractivity contribution in [3.8, 4) is 0 Å². The van der Waals surface area contributed by atoms with Crippen LogP contribution in [0.25, 0.3) is 0 Å². The summed E-state index contributed by atoms with van der Waals surface area (Å²) in [6, 6.07) is 2.22. The molecule has 0 bridgehead atoms. The van der Waals surface area contributed by atoms with Crippen LogP contribution in [0.3, 0.4) is 0 Å². The van der Waals surface area contributed by atoms with Crippen LogP contribution in [0, 0.1) is 6.92 Å². The molecule has 12 heavy (non-hydrogen) atoms. The zero-order chi connectivity index (χ0) is 8.55. The molecule has 0 spiro atoms. The van der Waals surface area contributed by atoms with E-state index in [1.54, 1.807) is 11.3 Å². The molecule has 0 aliphatic heterocycles. The van der Waals surface area contributed by atoms with E-state index in [0.717, 1.165) is 19.3 Å². The highest BCUT2D eigenvalue weighted by atomic mass is 32.1. The number of Topliss-reactive ketones (excluding diaryl/α,β-unsaturated/α-hetero) is 1. The van der Waals surface area contributed by atoms with Crippen molar-refractivity contribution in [1.82, 2.24) is 0 Å². The standard InChI is InChI=1S/C10H12OS/c1-7-4-9(6-12-7)8-2-3-10(11)5-8/h4,6,8H,2-3,5H2,1H3. The maximum absolute atomic E-state index is 11.0. The average molecular weight is 180 g/mol. The van der Waals surface area contributed by atoms with Gasteiger partial charge in [-0.25, -0.2) is 0 Å². The van der Waals surface area contributed by atoms with Gasteiger partial charge in [0.2, 0.25) is 0 Å². The number of thiophene rings is 1. The minimum Gasteiger partial charge on any atom is -0.300 e. The zero-order valence-electron chi connectivity index (χ0n) is 7.17. The van der Waals surface area contributed by atoms with Gasteiger partial charge in [0.1, 0.15) is 5.78 Å². The number of rotatable bonds is 1. The zero-order valence-corrected chi connectivity index (χ0v) is 7.99. The minimum absolute atomic E-state index is 0.434. The molecule has 1 aliphatic carbocycles. The van der Waals surface area contributed by atoms with Gasteiger partial charge in [0.05, 0.1) is 0 Å². The molecule has 2 heteroatoms. The molecule has 0 amide bonds. The number of hydrogen-bond acceptors (Lipinski definition) is 2. The van der Waals surface area contributed by atoms with E-state index in [0.29, 0.717) is 11.7 Å². The van der Waals surface area contributed by atoms with Gasteiger partial charge in [0, 0.05) is 17.7 Å². The number of carbonyl (C=O) groups is 1. The molecule has 1 heterocycles. The Morgan fingerprint density at radius 2 is 2.42 bits per heavy atom. The summed E-state index contributed by atoms with van der Waals surface area (Å²) in [6.45, 7) is 2.12. The molecule has 0 aromatic carbocycles. The number of hydrogen-bond donors (Lipinski definition) is 0. The molecule has 1 fully saturated rings. The van der Waals surface area contributed by atoms with Crippen molar-refractivity contribution in [3.05, 3.63) is 21.9 Å². The van der Waals surface area contributed by atoms with Crippen LogP contribution < -0.4 is 0 Å². The summed E-state index contributed by atoms with van der Waals surface area (Å²) in [7, 11) is 0. The largest absolute Gasteiger partial charge is 0.300 e. The first-order valence-electron chi connectivity index (χ1n) is 4.32. The third kappa shape index (κ3) is 1.44. The van der Waals surface area contributed by atoms with Crippen LogP contribution in [0.15, 0.2) is 11.4 Å². The van der Waals surface area contributed by atoms with Gasteiger partial charge in [-0.1, -0.05) is 0 Å². The summed E-state index contributed by atoms with van der Waals surface area (Å²) in [5, 5.41) is 2.19. The number of aryl methyl sites for hydroxylation is 1. The van der Waals surface area contributed by atoms with Crippen molar-refractivity contribution in [1.29, 1.82) is 0 Å². The topological polar surface area (TPSA) is 17.1 Å². The Balaban J connectivity index is 2.15. The van der Waals surface area contributed by atoms with E-state index in [4.69, 9.17) is 0 Å². The normalized spacial score (nSPS) is 23.4. The third-order valence-electron chi connectivity index (χ3n) is 2.47. The summed E-state index contributed by atoms with van der Waals surface area (Å²) < 4.78 is 0. The lowest BCUT2D eigenvalue weighted by atomic mass is 10.0. The Bertz CT molecular complexity index is 301. The van der Waals surface area contributed by atoms with E-state index in [-0.39, 0.29) is 0 Å². The van der Waals surface area contributed by atoms with Gasteiger partial charge in [0.15, 0.2) is 0 Å². The molecule has 1 aromatic heterocycles. The highest BCUT2D eigenvalue weighted by Crippen LogP contribution is 2.34. The highest BCUT2D eigenvalue weighted by Gasteiger charge is 2.23. The van der Waals surface area contributed by atoms with Gasteiger partial charge in [-0.15, -0.1) is 11.3 Å². The van der Waals surface area contributed by atoms with E-state index in [1.165, 1.54) is 10.4 Å². The molecule has 1 atom stereocenters. The molecule has 1 nitrogen and oxygen atoms in total. The molecule has 2 rings (SSSR count). The fourth-order valence-corrected chi connectivity index (χ4v) is 2.56. The lowest BCUT2D eigenvalue weighted by molar-refractivity contribution is -0.117. The number of ketones is 1. The Kier molecular flexibility index (Phi) is 2.01. The summed E-state index contributed by atoms with van der Waals surface area (Å²) in [5.41, 5.74) is 1.38. The first-order chi connectivity index (χ1) is 5.75. The van der Waals surface area contributed by atoms with Crippen LogP contribution in [0.4, 0.5) is 0 Å². The van der Waals surface area contributed by atoms with E-state index in [9.17, 15) is 4.79 Å². The van der Waals surface area contributed by atoms with E-state index >= 15 is 0 Å². The maximum Gasteiger partial charge on any atom is 0.133 e. The molecule has 0 radical (unpaired) electrons. The lowest BCUT2D eigenvalue weighted by Gasteiger charge is -2.02. The average Bonchev–Trinajstić information content (AvgIpc) is 2.58. The SMILES string of the molecule is Cc1cc(C2CCC(=O)C2)cs1. The maximum atomic E-state index is 11.0. The predicted molar refractivity (Wildman–Crippen MR) is 50.7 cm³/mol. The van der Waals surface area contributed by atoms with Gasteiger partial charge in [-0.3, -0.25) is 4.79 Å². The Morgan fingerprint density at radius 1 is 1.58 bits per heavy atom. The Hall–Kier alpha value is -0.630. The second-order valence-corrected chi connectivity index (χ2v) is 4.58. The second kappa shape index (κ2) is 3.02. The molecule has 0 saturated heterocycles. The fraction of sp³-hybridized carbons (Fsp3) is 0.500. The molecule has 0 N–H and O–H groups in total. The molecule has 1 unspecified atom stereocenters. The lowest BCUT2D eigenvalue weighted by Crippen LogP contribution is -1.91. The Labute approximate surface area is 76.4 Å². The second-order valence-electron chi connectivity index (χ2n) is 3.47. The van der Waals surface area contributed by atoms with Gasteiger partial charge < -0.3 is 0 Å². The van der Waals surface area contributed by atoms with Crippen molar-refractivity contribution < 1.29 is 4.79 Å². The third-order valence-corrected chi connectivity index (χ3v) is 3.35. The molecule has 64 valence electrons. The molecule has 1 aromatic rings. The van der Waals surface area contributed by atoms with Crippen LogP contribution in [-0.4, -0.2) is 5.78 Å². The van der Waals surface area contributed by atoms with Gasteiger partial charge in [0.25, 0.3) is 0 Å².